The summed E-state index contributed by atoms with van der Waals surface area (Å²) >= 11 is 0. The number of carbonyl (C=O) groups is 2. The van der Waals surface area contributed by atoms with Crippen LogP contribution in [0.15, 0.2) is 35.4 Å². The molecule has 2 amide bonds. The average molecular weight is 345 g/mol. The molecule has 0 saturated heterocycles. The van der Waals surface area contributed by atoms with Gasteiger partial charge in [0.1, 0.15) is 6.04 Å². The van der Waals surface area contributed by atoms with Gasteiger partial charge >= 0.3 is 0 Å². The van der Waals surface area contributed by atoms with Crippen LogP contribution in [0.2, 0.25) is 0 Å². The molecule has 0 aliphatic heterocycles. The predicted molar refractivity (Wildman–Crippen MR) is 103 cm³/mol. The minimum absolute atomic E-state index is 0.0306. The minimum Gasteiger partial charge on any atom is -0.340 e. The van der Waals surface area contributed by atoms with Crippen molar-refractivity contribution in [1.82, 2.24) is 10.7 Å². The summed E-state index contributed by atoms with van der Waals surface area (Å²) in [5, 5.41) is 6.78. The van der Waals surface area contributed by atoms with Gasteiger partial charge in [-0.25, -0.2) is 5.43 Å². The van der Waals surface area contributed by atoms with Gasteiger partial charge in [0.05, 0.1) is 0 Å². The first-order chi connectivity index (χ1) is 12.1. The van der Waals surface area contributed by atoms with Crippen LogP contribution in [-0.4, -0.2) is 24.1 Å². The van der Waals surface area contributed by atoms with Crippen molar-refractivity contribution >= 4 is 18.0 Å². The number of hydrogen-bond acceptors (Lipinski definition) is 3. The topological polar surface area (TPSA) is 70.6 Å². The summed E-state index contributed by atoms with van der Waals surface area (Å²) < 4.78 is 0. The van der Waals surface area contributed by atoms with Crippen LogP contribution in [0.4, 0.5) is 0 Å². The lowest BCUT2D eigenvalue weighted by Gasteiger charge is -2.20. The quantitative estimate of drug-likeness (QED) is 0.363. The molecule has 0 heterocycles. The monoisotopic (exact) mass is 345 g/mol. The fourth-order valence-corrected chi connectivity index (χ4v) is 2.43. The summed E-state index contributed by atoms with van der Waals surface area (Å²) in [5.74, 6) is -0.576. The van der Waals surface area contributed by atoms with Crippen molar-refractivity contribution in [2.24, 2.45) is 11.0 Å². The fraction of sp³-hybridized carbons (Fsp3) is 0.550. The molecule has 1 atom stereocenters. The van der Waals surface area contributed by atoms with Gasteiger partial charge < -0.3 is 5.32 Å². The Morgan fingerprint density at radius 1 is 1.08 bits per heavy atom. The third-order valence-corrected chi connectivity index (χ3v) is 3.97. The molecule has 1 aromatic carbocycles. The summed E-state index contributed by atoms with van der Waals surface area (Å²) in [6.07, 6.45) is 8.61. The number of rotatable bonds is 11. The smallest absolute Gasteiger partial charge is 0.262 e. The van der Waals surface area contributed by atoms with Crippen molar-refractivity contribution in [1.29, 1.82) is 0 Å². The normalized spacial score (nSPS) is 12.3. The van der Waals surface area contributed by atoms with Gasteiger partial charge in [-0.05, 0) is 30.9 Å². The lowest BCUT2D eigenvalue weighted by molar-refractivity contribution is -0.123. The second kappa shape index (κ2) is 12.2. The highest BCUT2D eigenvalue weighted by Gasteiger charge is 2.24. The minimum atomic E-state index is -0.616. The third-order valence-electron chi connectivity index (χ3n) is 3.97. The summed E-state index contributed by atoms with van der Waals surface area (Å²) in [7, 11) is 0. The summed E-state index contributed by atoms with van der Waals surface area (Å²) in [6, 6.07) is 8.27. The second-order valence-corrected chi connectivity index (χ2v) is 6.55. The number of benzene rings is 1. The van der Waals surface area contributed by atoms with Crippen molar-refractivity contribution in [3.05, 3.63) is 35.9 Å². The van der Waals surface area contributed by atoms with Gasteiger partial charge in [-0.1, -0.05) is 64.7 Å². The number of hydrogen-bond donors (Lipinski definition) is 2. The predicted octanol–water partition coefficient (Wildman–Crippen LogP) is 3.90. The van der Waals surface area contributed by atoms with E-state index in [4.69, 9.17) is 0 Å². The zero-order chi connectivity index (χ0) is 18.5. The van der Waals surface area contributed by atoms with Crippen molar-refractivity contribution in [3.63, 3.8) is 0 Å². The molecular weight excluding hydrogens is 314 g/mol. The third kappa shape index (κ3) is 8.47. The number of carbonyl (C=O) groups excluding carboxylic acids is 2. The summed E-state index contributed by atoms with van der Waals surface area (Å²) in [6.45, 7) is 5.98. The Balaban J connectivity index is 2.42. The standard InChI is InChI=1S/C20H31N3O2/c1-4-5-6-7-8-12-15-21-23-20(25)18(16(2)3)22-19(24)17-13-10-9-11-14-17/h9-11,13-16,18H,4-8,12H2,1-3H3,(H,22,24)(H,23,25)/b21-15-/t18-/m0/s1. The Kier molecular flexibility index (Phi) is 10.2. The van der Waals surface area contributed by atoms with Gasteiger partial charge in [0.15, 0.2) is 0 Å². The van der Waals surface area contributed by atoms with E-state index in [9.17, 15) is 9.59 Å². The Bertz CT molecular complexity index is 541. The van der Waals surface area contributed by atoms with Crippen LogP contribution in [0.3, 0.4) is 0 Å². The first-order valence-electron chi connectivity index (χ1n) is 9.23. The molecule has 0 saturated carbocycles. The molecule has 5 nitrogen and oxygen atoms in total. The highest BCUT2D eigenvalue weighted by Crippen LogP contribution is 2.06. The SMILES string of the molecule is CCCCCCC/C=N\NC(=O)[C@@H](NC(=O)c1ccccc1)C(C)C. The largest absolute Gasteiger partial charge is 0.340 e. The maximum Gasteiger partial charge on any atom is 0.262 e. The number of hydrazone groups is 1. The molecule has 0 fully saturated rings. The van der Waals surface area contributed by atoms with E-state index < -0.39 is 6.04 Å². The molecule has 0 unspecified atom stereocenters. The average Bonchev–Trinajstić information content (AvgIpc) is 2.62. The van der Waals surface area contributed by atoms with Crippen LogP contribution in [0.5, 0.6) is 0 Å². The molecule has 0 aliphatic rings. The van der Waals surface area contributed by atoms with Crippen LogP contribution in [0.1, 0.15) is 69.7 Å². The molecule has 5 heteroatoms. The molecule has 0 aromatic heterocycles. The Morgan fingerprint density at radius 2 is 1.76 bits per heavy atom. The zero-order valence-electron chi connectivity index (χ0n) is 15.6. The van der Waals surface area contributed by atoms with E-state index in [1.165, 1.54) is 25.7 Å². The van der Waals surface area contributed by atoms with Crippen molar-refractivity contribution in [2.75, 3.05) is 0 Å². The summed E-state index contributed by atoms with van der Waals surface area (Å²) in [4.78, 5) is 24.5. The molecule has 0 radical (unpaired) electrons. The van der Waals surface area contributed by atoms with Crippen molar-refractivity contribution in [2.45, 2.75) is 65.3 Å². The van der Waals surface area contributed by atoms with Gasteiger partial charge in [-0.15, -0.1) is 0 Å². The molecule has 0 aliphatic carbocycles. The van der Waals surface area contributed by atoms with E-state index in [0.717, 1.165) is 12.8 Å². The van der Waals surface area contributed by atoms with Crippen molar-refractivity contribution < 1.29 is 9.59 Å². The Morgan fingerprint density at radius 3 is 2.40 bits per heavy atom. The van der Waals surface area contributed by atoms with E-state index >= 15 is 0 Å². The first-order valence-corrected chi connectivity index (χ1v) is 9.23. The zero-order valence-corrected chi connectivity index (χ0v) is 15.6. The number of amides is 2. The van der Waals surface area contributed by atoms with E-state index in [1.807, 2.05) is 19.9 Å². The maximum absolute atomic E-state index is 12.3. The Labute approximate surface area is 151 Å². The van der Waals surface area contributed by atoms with E-state index in [0.29, 0.717) is 5.56 Å². The highest BCUT2D eigenvalue weighted by atomic mass is 16.2. The molecule has 25 heavy (non-hydrogen) atoms. The molecule has 0 spiro atoms. The number of nitrogens with zero attached hydrogens (tertiary/aromatic N) is 1. The van der Waals surface area contributed by atoms with Gasteiger partial charge in [0.2, 0.25) is 0 Å². The van der Waals surface area contributed by atoms with Gasteiger partial charge in [-0.3, -0.25) is 9.59 Å². The Hall–Kier alpha value is -2.17. The van der Waals surface area contributed by atoms with Crippen molar-refractivity contribution in [3.8, 4) is 0 Å². The van der Waals surface area contributed by atoms with Crippen LogP contribution in [0, 0.1) is 5.92 Å². The van der Waals surface area contributed by atoms with Gasteiger partial charge in [0.25, 0.3) is 11.8 Å². The highest BCUT2D eigenvalue weighted by molar-refractivity contribution is 5.97. The molecule has 1 rings (SSSR count). The van der Waals surface area contributed by atoms with Crippen LogP contribution in [-0.2, 0) is 4.79 Å². The van der Waals surface area contributed by atoms with E-state index in [2.05, 4.69) is 22.8 Å². The molecule has 138 valence electrons. The second-order valence-electron chi connectivity index (χ2n) is 6.55. The van der Waals surface area contributed by atoms with Gasteiger partial charge in [-0.2, -0.15) is 5.10 Å². The van der Waals surface area contributed by atoms with Crippen LogP contribution in [0.25, 0.3) is 0 Å². The van der Waals surface area contributed by atoms with Gasteiger partial charge in [0, 0.05) is 11.8 Å². The van der Waals surface area contributed by atoms with Crippen LogP contribution < -0.4 is 10.7 Å². The summed E-state index contributed by atoms with van der Waals surface area (Å²) in [5.41, 5.74) is 3.08. The number of unbranched alkanes of at least 4 members (excludes halogenated alkanes) is 5. The maximum atomic E-state index is 12.3. The number of nitrogens with one attached hydrogen (secondary N) is 2. The molecule has 0 bridgehead atoms. The first kappa shape index (κ1) is 20.9. The lowest BCUT2D eigenvalue weighted by atomic mass is 10.0. The van der Waals surface area contributed by atoms with Crippen LogP contribution >= 0.6 is 0 Å². The molecule has 2 N–H and O–H groups in total. The molecular formula is C20H31N3O2. The fourth-order valence-electron chi connectivity index (χ4n) is 2.43. The molecule has 1 aromatic rings. The van der Waals surface area contributed by atoms with E-state index in [-0.39, 0.29) is 17.7 Å². The van der Waals surface area contributed by atoms with E-state index in [1.54, 1.807) is 30.5 Å². The lowest BCUT2D eigenvalue weighted by Crippen LogP contribution is -2.48.